The molecule has 0 bridgehead atoms. The summed E-state index contributed by atoms with van der Waals surface area (Å²) in [5.74, 6) is 1.94. The monoisotopic (exact) mass is 497 g/mol. The smallest absolute Gasteiger partial charge is 0.344 e. The number of nitrogens with zero attached hydrogens (tertiary/aromatic N) is 1. The van der Waals surface area contributed by atoms with Gasteiger partial charge in [0.05, 0.1) is 25.3 Å². The summed E-state index contributed by atoms with van der Waals surface area (Å²) in [6.45, 7) is 1.43. The molecule has 37 heavy (non-hydrogen) atoms. The van der Waals surface area contributed by atoms with Crippen molar-refractivity contribution < 1.29 is 23.0 Å². The molecule has 0 N–H and O–H groups in total. The summed E-state index contributed by atoms with van der Waals surface area (Å²) in [5, 5.41) is 1.40. The van der Waals surface area contributed by atoms with Crippen LogP contribution in [0, 0.1) is 0 Å². The number of hydrogen-bond donors (Lipinski definition) is 0. The van der Waals surface area contributed by atoms with Gasteiger partial charge in [-0.2, -0.15) is 0 Å². The van der Waals surface area contributed by atoms with E-state index in [1.54, 1.807) is 32.4 Å². The molecule has 0 radical (unpaired) electrons. The molecule has 0 unspecified atom stereocenters. The Balaban J connectivity index is 1.41. The Labute approximate surface area is 211 Å². The van der Waals surface area contributed by atoms with Crippen molar-refractivity contribution in [3.63, 3.8) is 0 Å². The zero-order valence-electron chi connectivity index (χ0n) is 20.3. The molecule has 3 aromatic carbocycles. The molecule has 186 valence electrons. The third kappa shape index (κ3) is 4.11. The molecule has 0 saturated carbocycles. The van der Waals surface area contributed by atoms with Crippen molar-refractivity contribution in [2.45, 2.75) is 13.1 Å². The molecule has 0 aliphatic carbocycles. The van der Waals surface area contributed by atoms with E-state index in [2.05, 4.69) is 4.90 Å². The van der Waals surface area contributed by atoms with Gasteiger partial charge in [0.15, 0.2) is 11.5 Å². The molecular formula is C29H23NO7. The molecule has 2 aromatic heterocycles. The Morgan fingerprint density at radius 1 is 0.865 bits per heavy atom. The Kier molecular flexibility index (Phi) is 5.65. The van der Waals surface area contributed by atoms with Crippen molar-refractivity contribution in [2.75, 3.05) is 21.0 Å². The van der Waals surface area contributed by atoms with Crippen LogP contribution in [0.15, 0.2) is 85.2 Å². The van der Waals surface area contributed by atoms with E-state index in [1.165, 1.54) is 6.07 Å². The number of ether oxygens (including phenoxy) is 3. The molecule has 6 rings (SSSR count). The highest BCUT2D eigenvalue weighted by molar-refractivity contribution is 5.97. The van der Waals surface area contributed by atoms with E-state index in [0.717, 1.165) is 16.5 Å². The van der Waals surface area contributed by atoms with Gasteiger partial charge in [-0.1, -0.05) is 24.3 Å². The summed E-state index contributed by atoms with van der Waals surface area (Å²) in [6, 6.07) is 19.8. The first-order chi connectivity index (χ1) is 18.0. The van der Waals surface area contributed by atoms with Gasteiger partial charge in [0.25, 0.3) is 0 Å². The van der Waals surface area contributed by atoms with Crippen molar-refractivity contribution in [1.82, 2.24) is 4.90 Å². The summed E-state index contributed by atoms with van der Waals surface area (Å²) in [5.41, 5.74) is 2.33. The minimum atomic E-state index is -0.555. The van der Waals surface area contributed by atoms with Crippen LogP contribution in [0.4, 0.5) is 0 Å². The minimum absolute atomic E-state index is 0.301. The maximum absolute atomic E-state index is 12.9. The first-order valence-electron chi connectivity index (χ1n) is 11.7. The van der Waals surface area contributed by atoms with Crippen molar-refractivity contribution in [2.24, 2.45) is 0 Å². The maximum atomic E-state index is 12.9. The lowest BCUT2D eigenvalue weighted by atomic mass is 9.99. The molecule has 1 aliphatic heterocycles. The number of methoxy groups -OCH3 is 2. The van der Waals surface area contributed by atoms with Gasteiger partial charge in [-0.05, 0) is 42.0 Å². The Morgan fingerprint density at radius 3 is 2.54 bits per heavy atom. The SMILES string of the molecule is COc1ccc(CN2COc3ccc4c(-c5cc6ccccc6oc5=O)cc(=O)oc4c3C2)cc1OC. The van der Waals surface area contributed by atoms with Crippen LogP contribution in [0.3, 0.4) is 0 Å². The fourth-order valence-electron chi connectivity index (χ4n) is 4.79. The standard InChI is InChI=1S/C29H23NO7/c1-33-25-9-7-17(11-26(25)34-2)14-30-15-22-24(35-16-30)10-8-19-20(13-27(31)37-28(19)22)21-12-18-5-3-4-6-23(18)36-29(21)32/h3-13H,14-16H2,1-2H3. The number of rotatable bonds is 5. The molecule has 5 aromatic rings. The first-order valence-corrected chi connectivity index (χ1v) is 11.7. The summed E-state index contributed by atoms with van der Waals surface area (Å²) < 4.78 is 28.0. The first kappa shape index (κ1) is 22.9. The average molecular weight is 498 g/mol. The van der Waals surface area contributed by atoms with Gasteiger partial charge in [0, 0.05) is 35.5 Å². The van der Waals surface area contributed by atoms with Gasteiger partial charge in [-0.15, -0.1) is 0 Å². The van der Waals surface area contributed by atoms with Gasteiger partial charge in [-0.3, -0.25) is 4.90 Å². The number of hydrogen-bond acceptors (Lipinski definition) is 8. The maximum Gasteiger partial charge on any atom is 0.344 e. The summed E-state index contributed by atoms with van der Waals surface area (Å²) in [7, 11) is 3.20. The number of benzene rings is 3. The van der Waals surface area contributed by atoms with E-state index in [-0.39, 0.29) is 0 Å². The zero-order valence-corrected chi connectivity index (χ0v) is 20.3. The van der Waals surface area contributed by atoms with E-state index in [1.807, 2.05) is 42.5 Å². The molecular weight excluding hydrogens is 474 g/mol. The third-order valence-corrected chi connectivity index (χ3v) is 6.54. The van der Waals surface area contributed by atoms with E-state index in [4.69, 9.17) is 23.0 Å². The Bertz CT molecular complexity index is 1770. The Morgan fingerprint density at radius 2 is 1.70 bits per heavy atom. The van der Waals surface area contributed by atoms with Gasteiger partial charge in [0.1, 0.15) is 23.6 Å². The highest BCUT2D eigenvalue weighted by atomic mass is 16.5. The van der Waals surface area contributed by atoms with Crippen LogP contribution in [0.2, 0.25) is 0 Å². The molecule has 0 spiro atoms. The summed E-state index contributed by atoms with van der Waals surface area (Å²) in [6.07, 6.45) is 0. The van der Waals surface area contributed by atoms with Crippen molar-refractivity contribution in [1.29, 1.82) is 0 Å². The molecule has 3 heterocycles. The third-order valence-electron chi connectivity index (χ3n) is 6.54. The highest BCUT2D eigenvalue weighted by Crippen LogP contribution is 2.36. The molecule has 0 fully saturated rings. The largest absolute Gasteiger partial charge is 0.493 e. The van der Waals surface area contributed by atoms with E-state index in [0.29, 0.717) is 64.7 Å². The number of para-hydroxylation sites is 1. The van der Waals surface area contributed by atoms with Gasteiger partial charge in [0.2, 0.25) is 0 Å². The summed E-state index contributed by atoms with van der Waals surface area (Å²) in [4.78, 5) is 27.6. The lowest BCUT2D eigenvalue weighted by Crippen LogP contribution is -2.31. The predicted molar refractivity (Wildman–Crippen MR) is 138 cm³/mol. The topological polar surface area (TPSA) is 91.4 Å². The highest BCUT2D eigenvalue weighted by Gasteiger charge is 2.24. The minimum Gasteiger partial charge on any atom is -0.493 e. The van der Waals surface area contributed by atoms with Crippen LogP contribution in [-0.2, 0) is 13.1 Å². The second-order valence-corrected chi connectivity index (χ2v) is 8.83. The number of fused-ring (bicyclic) bond motifs is 4. The van der Waals surface area contributed by atoms with Crippen LogP contribution >= 0.6 is 0 Å². The lowest BCUT2D eigenvalue weighted by molar-refractivity contribution is 0.0889. The molecule has 0 saturated heterocycles. The zero-order chi connectivity index (χ0) is 25.5. The molecule has 1 aliphatic rings. The van der Waals surface area contributed by atoms with E-state index < -0.39 is 11.3 Å². The molecule has 8 nitrogen and oxygen atoms in total. The van der Waals surface area contributed by atoms with Gasteiger partial charge < -0.3 is 23.0 Å². The van der Waals surface area contributed by atoms with Crippen LogP contribution < -0.4 is 25.5 Å². The molecule has 0 amide bonds. The van der Waals surface area contributed by atoms with E-state index in [9.17, 15) is 9.59 Å². The fraction of sp³-hybridized carbons (Fsp3) is 0.172. The lowest BCUT2D eigenvalue weighted by Gasteiger charge is -2.29. The average Bonchev–Trinajstić information content (AvgIpc) is 2.92. The van der Waals surface area contributed by atoms with Crippen LogP contribution in [0.1, 0.15) is 11.1 Å². The van der Waals surface area contributed by atoms with Crippen LogP contribution in [0.5, 0.6) is 17.2 Å². The van der Waals surface area contributed by atoms with E-state index >= 15 is 0 Å². The summed E-state index contributed by atoms with van der Waals surface area (Å²) >= 11 is 0. The molecule has 0 atom stereocenters. The van der Waals surface area contributed by atoms with Crippen molar-refractivity contribution >= 4 is 21.9 Å². The second-order valence-electron chi connectivity index (χ2n) is 8.83. The quantitative estimate of drug-likeness (QED) is 0.316. The molecule has 8 heteroatoms. The predicted octanol–water partition coefficient (Wildman–Crippen LogP) is 4.94. The normalized spacial score (nSPS) is 13.4. The van der Waals surface area contributed by atoms with Crippen molar-refractivity contribution in [3.8, 4) is 28.4 Å². The Hall–Kier alpha value is -4.56. The second kappa shape index (κ2) is 9.15. The van der Waals surface area contributed by atoms with Gasteiger partial charge in [-0.25, -0.2) is 9.59 Å². The van der Waals surface area contributed by atoms with Crippen LogP contribution in [-0.4, -0.2) is 25.9 Å². The van der Waals surface area contributed by atoms with Gasteiger partial charge >= 0.3 is 11.3 Å². The van der Waals surface area contributed by atoms with Crippen LogP contribution in [0.25, 0.3) is 33.1 Å². The fourth-order valence-corrected chi connectivity index (χ4v) is 4.79. The van der Waals surface area contributed by atoms with Crippen molar-refractivity contribution in [3.05, 3.63) is 98.7 Å².